The Morgan fingerprint density at radius 2 is 1.93 bits per heavy atom. The molecule has 0 saturated heterocycles. The van der Waals surface area contributed by atoms with E-state index in [1.165, 1.54) is 20.3 Å². The van der Waals surface area contributed by atoms with E-state index in [2.05, 4.69) is 10.1 Å². The third kappa shape index (κ3) is 6.37. The molecule has 0 aliphatic heterocycles. The Labute approximate surface area is 186 Å². The second-order valence-electron chi connectivity index (χ2n) is 5.53. The second kappa shape index (κ2) is 10.7. The number of esters is 1. The smallest absolute Gasteiger partial charge is 0.343 e. The van der Waals surface area contributed by atoms with Crippen LogP contribution in [0.1, 0.15) is 5.56 Å². The third-order valence-electron chi connectivity index (χ3n) is 3.59. The Bertz CT molecular complexity index is 984. The Balaban J connectivity index is 2.26. The molecular formula is C20H16ClIN2O5. The molecule has 1 amide bonds. The maximum atomic E-state index is 12.4. The number of carbonyl (C=O) groups excluding carboxylic acids is 2. The zero-order chi connectivity index (χ0) is 21.4. The van der Waals surface area contributed by atoms with Crippen molar-refractivity contribution in [3.63, 3.8) is 0 Å². The molecular weight excluding hydrogens is 511 g/mol. The molecule has 0 aliphatic rings. The first-order valence-corrected chi connectivity index (χ1v) is 9.59. The number of rotatable bonds is 7. The van der Waals surface area contributed by atoms with Crippen LogP contribution in [0.4, 0.5) is 5.69 Å². The number of nitrogens with zero attached hydrogens (tertiary/aromatic N) is 1. The summed E-state index contributed by atoms with van der Waals surface area (Å²) in [6, 6.07) is 11.7. The monoisotopic (exact) mass is 526 g/mol. The van der Waals surface area contributed by atoms with Crippen LogP contribution in [-0.4, -0.2) is 32.7 Å². The highest BCUT2D eigenvalue weighted by Gasteiger charge is 2.15. The van der Waals surface area contributed by atoms with Gasteiger partial charge in [-0.05, 0) is 70.6 Å². The number of amides is 1. The van der Waals surface area contributed by atoms with Crippen molar-refractivity contribution in [3.05, 3.63) is 56.1 Å². The number of methoxy groups -OCH3 is 2. The third-order valence-corrected chi connectivity index (χ3v) is 4.65. The Hall–Kier alpha value is -2.77. The highest BCUT2D eigenvalue weighted by Crippen LogP contribution is 2.34. The Morgan fingerprint density at radius 1 is 1.24 bits per heavy atom. The van der Waals surface area contributed by atoms with Gasteiger partial charge in [-0.15, -0.1) is 0 Å². The molecule has 29 heavy (non-hydrogen) atoms. The summed E-state index contributed by atoms with van der Waals surface area (Å²) >= 11 is 7.83. The van der Waals surface area contributed by atoms with Crippen LogP contribution in [0.5, 0.6) is 11.5 Å². The summed E-state index contributed by atoms with van der Waals surface area (Å²) in [5.74, 6) is -0.380. The zero-order valence-electron chi connectivity index (χ0n) is 15.5. The molecule has 0 unspecified atom stereocenters. The molecule has 2 aromatic rings. The molecule has 0 bridgehead atoms. The number of ether oxygens (including phenoxy) is 3. The summed E-state index contributed by atoms with van der Waals surface area (Å²) in [6.07, 6.45) is 1.43. The first kappa shape index (κ1) is 22.5. The molecule has 0 saturated carbocycles. The number of hydrogen-bond acceptors (Lipinski definition) is 6. The van der Waals surface area contributed by atoms with Gasteiger partial charge in [0.15, 0.2) is 18.1 Å². The van der Waals surface area contributed by atoms with Crippen LogP contribution >= 0.6 is 34.2 Å². The van der Waals surface area contributed by atoms with E-state index in [0.29, 0.717) is 31.3 Å². The molecule has 0 fully saturated rings. The van der Waals surface area contributed by atoms with Crippen LogP contribution in [0.15, 0.2) is 42.0 Å². The first-order chi connectivity index (χ1) is 13.9. The van der Waals surface area contributed by atoms with Crippen LogP contribution in [0.25, 0.3) is 6.08 Å². The number of benzene rings is 2. The molecule has 0 heterocycles. The van der Waals surface area contributed by atoms with Crippen molar-refractivity contribution >= 4 is 57.8 Å². The van der Waals surface area contributed by atoms with Gasteiger partial charge in [-0.25, -0.2) is 4.79 Å². The van der Waals surface area contributed by atoms with Crippen molar-refractivity contribution in [2.45, 2.75) is 0 Å². The van der Waals surface area contributed by atoms with Crippen molar-refractivity contribution in [3.8, 4) is 17.6 Å². The Morgan fingerprint density at radius 3 is 2.52 bits per heavy atom. The number of nitrogens with one attached hydrogen (secondary N) is 1. The minimum absolute atomic E-state index is 0.0963. The molecule has 0 radical (unpaired) electrons. The largest absolute Gasteiger partial charge is 0.493 e. The fourth-order valence-corrected chi connectivity index (χ4v) is 3.11. The van der Waals surface area contributed by atoms with E-state index in [4.69, 9.17) is 21.1 Å². The topological polar surface area (TPSA) is 97.7 Å². The highest BCUT2D eigenvalue weighted by atomic mass is 127. The molecule has 2 aromatic carbocycles. The summed E-state index contributed by atoms with van der Waals surface area (Å²) in [7, 11) is 2.71. The van der Waals surface area contributed by atoms with Gasteiger partial charge in [0.25, 0.3) is 5.91 Å². The van der Waals surface area contributed by atoms with Crippen molar-refractivity contribution in [2.75, 3.05) is 26.1 Å². The van der Waals surface area contributed by atoms with Gasteiger partial charge in [0, 0.05) is 10.7 Å². The molecule has 0 aliphatic carbocycles. The predicted molar refractivity (Wildman–Crippen MR) is 117 cm³/mol. The van der Waals surface area contributed by atoms with Gasteiger partial charge in [0.05, 0.1) is 17.8 Å². The lowest BCUT2D eigenvalue weighted by atomic mass is 10.1. The lowest BCUT2D eigenvalue weighted by Crippen LogP contribution is -2.14. The van der Waals surface area contributed by atoms with E-state index in [-0.39, 0.29) is 12.2 Å². The molecule has 150 valence electrons. The molecule has 0 atom stereocenters. The SMILES string of the molecule is COC(=O)COc1c(I)cc(/C=C(/C#N)C(=O)Nc2ccc(Cl)cc2)cc1OC. The quantitative estimate of drug-likeness (QED) is 0.253. The zero-order valence-corrected chi connectivity index (χ0v) is 18.4. The van der Waals surface area contributed by atoms with Gasteiger partial charge in [-0.3, -0.25) is 4.79 Å². The average Bonchev–Trinajstić information content (AvgIpc) is 2.72. The van der Waals surface area contributed by atoms with Crippen molar-refractivity contribution in [1.82, 2.24) is 0 Å². The fraction of sp³-hybridized carbons (Fsp3) is 0.150. The van der Waals surface area contributed by atoms with E-state index in [1.54, 1.807) is 36.4 Å². The van der Waals surface area contributed by atoms with Gasteiger partial charge in [-0.1, -0.05) is 11.6 Å². The van der Waals surface area contributed by atoms with Crippen molar-refractivity contribution < 1.29 is 23.8 Å². The van der Waals surface area contributed by atoms with Gasteiger partial charge in [0.1, 0.15) is 11.6 Å². The number of nitriles is 1. The molecule has 1 N–H and O–H groups in total. The summed E-state index contributed by atoms with van der Waals surface area (Å²) in [5.41, 5.74) is 0.972. The van der Waals surface area contributed by atoms with Crippen LogP contribution in [0.3, 0.4) is 0 Å². The summed E-state index contributed by atoms with van der Waals surface area (Å²) in [6.45, 7) is -0.273. The lowest BCUT2D eigenvalue weighted by molar-refractivity contribution is -0.142. The Kier molecular flexibility index (Phi) is 8.30. The van der Waals surface area contributed by atoms with E-state index in [0.717, 1.165) is 0 Å². The first-order valence-electron chi connectivity index (χ1n) is 8.13. The number of halogens is 2. The molecule has 9 heteroatoms. The maximum absolute atomic E-state index is 12.4. The summed E-state index contributed by atoms with van der Waals surface area (Å²) < 4.78 is 15.9. The van der Waals surface area contributed by atoms with Gasteiger partial charge in [0.2, 0.25) is 0 Å². The van der Waals surface area contributed by atoms with E-state index < -0.39 is 11.9 Å². The van der Waals surface area contributed by atoms with Gasteiger partial charge < -0.3 is 19.5 Å². The number of carbonyl (C=O) groups is 2. The number of anilines is 1. The maximum Gasteiger partial charge on any atom is 0.343 e. The summed E-state index contributed by atoms with van der Waals surface area (Å²) in [5, 5.41) is 12.6. The predicted octanol–water partition coefficient (Wildman–Crippen LogP) is 4.05. The summed E-state index contributed by atoms with van der Waals surface area (Å²) in [4.78, 5) is 23.7. The minimum atomic E-state index is -0.560. The van der Waals surface area contributed by atoms with Crippen molar-refractivity contribution in [1.29, 1.82) is 5.26 Å². The molecule has 7 nitrogen and oxygen atoms in total. The van der Waals surface area contributed by atoms with E-state index in [1.807, 2.05) is 28.7 Å². The van der Waals surface area contributed by atoms with Gasteiger partial charge >= 0.3 is 5.97 Å². The molecule has 0 spiro atoms. The fourth-order valence-electron chi connectivity index (χ4n) is 2.20. The van der Waals surface area contributed by atoms with Gasteiger partial charge in [-0.2, -0.15) is 5.26 Å². The van der Waals surface area contributed by atoms with Crippen LogP contribution in [-0.2, 0) is 14.3 Å². The standard InChI is InChI=1S/C20H16ClIN2O5/c1-27-17-9-12(8-16(22)19(17)29-11-18(25)28-2)7-13(10-23)20(26)24-15-5-3-14(21)4-6-15/h3-9H,11H2,1-2H3,(H,24,26)/b13-7-. The highest BCUT2D eigenvalue weighted by molar-refractivity contribution is 14.1. The van der Waals surface area contributed by atoms with Crippen LogP contribution < -0.4 is 14.8 Å². The average molecular weight is 527 g/mol. The van der Waals surface area contributed by atoms with E-state index in [9.17, 15) is 14.9 Å². The number of hydrogen-bond donors (Lipinski definition) is 1. The molecule has 2 rings (SSSR count). The van der Waals surface area contributed by atoms with Crippen LogP contribution in [0, 0.1) is 14.9 Å². The minimum Gasteiger partial charge on any atom is -0.493 e. The second-order valence-corrected chi connectivity index (χ2v) is 7.13. The normalized spacial score (nSPS) is 10.7. The van der Waals surface area contributed by atoms with Crippen molar-refractivity contribution in [2.24, 2.45) is 0 Å². The van der Waals surface area contributed by atoms with Crippen LogP contribution in [0.2, 0.25) is 5.02 Å². The van der Waals surface area contributed by atoms with E-state index >= 15 is 0 Å². The lowest BCUT2D eigenvalue weighted by Gasteiger charge is -2.13. The molecule has 0 aromatic heterocycles.